The van der Waals surface area contributed by atoms with Gasteiger partial charge in [0.1, 0.15) is 12.3 Å². The normalized spacial score (nSPS) is 15.7. The Morgan fingerprint density at radius 2 is 1.85 bits per heavy atom. The second-order valence-corrected chi connectivity index (χ2v) is 13.1. The lowest BCUT2D eigenvalue weighted by Crippen LogP contribution is -2.44. The maximum atomic E-state index is 13.6. The first kappa shape index (κ1) is 35.4. The van der Waals surface area contributed by atoms with Crippen LogP contribution in [0.15, 0.2) is 47.4 Å². The minimum absolute atomic E-state index is 0.0237. The van der Waals surface area contributed by atoms with Gasteiger partial charge in [0, 0.05) is 49.1 Å². The number of fused-ring (bicyclic) bond motifs is 1. The fourth-order valence-electron chi connectivity index (χ4n) is 5.24. The third-order valence-electron chi connectivity index (χ3n) is 7.37. The number of nitrogens with zero attached hydrogens (tertiary/aromatic N) is 2. The van der Waals surface area contributed by atoms with E-state index in [1.54, 1.807) is 18.2 Å². The number of rotatable bonds is 12. The number of halogens is 3. The van der Waals surface area contributed by atoms with Crippen molar-refractivity contribution in [3.63, 3.8) is 0 Å². The predicted octanol–water partition coefficient (Wildman–Crippen LogP) is 2.10. The summed E-state index contributed by atoms with van der Waals surface area (Å²) in [6, 6.07) is 11.1. The highest BCUT2D eigenvalue weighted by Gasteiger charge is 2.30. The molecule has 0 saturated carbocycles. The monoisotopic (exact) mass is 664 g/mol. The van der Waals surface area contributed by atoms with Crippen LogP contribution in [-0.2, 0) is 21.1 Å². The van der Waals surface area contributed by atoms with Crippen LogP contribution >= 0.6 is 0 Å². The van der Waals surface area contributed by atoms with E-state index in [1.807, 2.05) is 11.0 Å². The number of hydrogen-bond donors (Lipinski definition) is 5. The maximum absolute atomic E-state index is 13.6. The SMILES string of the molecule is [B]C(O)(O)OCC(O)CN1CCC(Nc2cccc3c2cc(C#CCNc2ccc(S(C)(=O)=O)cc2OC)n3CC(F)(F)F)CC1. The number of hydrogen-bond acceptors (Lipinski definition) is 10. The van der Waals surface area contributed by atoms with Gasteiger partial charge in [-0.2, -0.15) is 13.2 Å². The van der Waals surface area contributed by atoms with Crippen LogP contribution < -0.4 is 15.4 Å². The first-order valence-corrected chi connectivity index (χ1v) is 16.3. The van der Waals surface area contributed by atoms with Crippen LogP contribution in [0.25, 0.3) is 10.9 Å². The second kappa shape index (κ2) is 14.5. The third kappa shape index (κ3) is 10.0. The van der Waals surface area contributed by atoms with Gasteiger partial charge in [-0.1, -0.05) is 12.0 Å². The number of ether oxygens (including phenoxy) is 2. The average Bonchev–Trinajstić information content (AvgIpc) is 3.31. The summed E-state index contributed by atoms with van der Waals surface area (Å²) in [4.78, 5) is 2.08. The molecule has 0 spiro atoms. The third-order valence-corrected chi connectivity index (χ3v) is 8.48. The van der Waals surface area contributed by atoms with Crippen LogP contribution in [0.4, 0.5) is 24.5 Å². The van der Waals surface area contributed by atoms with Gasteiger partial charge >= 0.3 is 6.18 Å². The first-order valence-electron chi connectivity index (χ1n) is 14.4. The number of aliphatic hydroxyl groups excluding tert-OH is 1. The number of nitrogens with one attached hydrogen (secondary N) is 2. The van der Waals surface area contributed by atoms with E-state index in [4.69, 9.17) is 22.8 Å². The number of aromatic nitrogens is 1. The molecule has 0 amide bonds. The van der Waals surface area contributed by atoms with E-state index in [9.17, 15) is 26.7 Å². The number of sulfone groups is 1. The van der Waals surface area contributed by atoms with E-state index in [-0.39, 0.29) is 42.1 Å². The van der Waals surface area contributed by atoms with E-state index in [1.165, 1.54) is 25.3 Å². The Labute approximate surface area is 266 Å². The Kier molecular flexibility index (Phi) is 11.2. The Hall–Kier alpha value is -3.46. The molecule has 46 heavy (non-hydrogen) atoms. The van der Waals surface area contributed by atoms with Gasteiger partial charge in [0.25, 0.3) is 0 Å². The lowest BCUT2D eigenvalue weighted by atomic mass is 10.0. The molecule has 4 rings (SSSR count). The van der Waals surface area contributed by atoms with Gasteiger partial charge < -0.3 is 44.9 Å². The standard InChI is InChI=1S/C30H36BF3N4O7S/c1-44-28-16-23(46(2,42)43)8-9-26(28)35-12-4-5-21-15-24-25(6-3-7-27(24)38(21)19-29(32,33)34)36-20-10-13-37(14-11-20)17-22(39)18-45-30(31,40)41/h3,6-9,15-16,20,22,35-36,39-41H,10-14,17-19H2,1-2H3. The van der Waals surface area contributed by atoms with Crippen molar-refractivity contribution >= 4 is 40.0 Å². The Morgan fingerprint density at radius 1 is 1.13 bits per heavy atom. The number of methoxy groups -OCH3 is 1. The van der Waals surface area contributed by atoms with Gasteiger partial charge in [0.15, 0.2) is 17.7 Å². The van der Waals surface area contributed by atoms with Gasteiger partial charge in [0.2, 0.25) is 5.87 Å². The lowest BCUT2D eigenvalue weighted by Gasteiger charge is -2.34. The highest BCUT2D eigenvalue weighted by Crippen LogP contribution is 2.32. The molecule has 1 aliphatic heterocycles. The van der Waals surface area contributed by atoms with Crippen molar-refractivity contribution in [3.05, 3.63) is 48.2 Å². The van der Waals surface area contributed by atoms with E-state index >= 15 is 0 Å². The summed E-state index contributed by atoms with van der Waals surface area (Å²) in [7, 11) is 2.89. The molecular weight excluding hydrogens is 628 g/mol. The molecule has 11 nitrogen and oxygen atoms in total. The fraction of sp³-hybridized carbons (Fsp3) is 0.467. The zero-order valence-corrected chi connectivity index (χ0v) is 26.2. The molecule has 248 valence electrons. The van der Waals surface area contributed by atoms with Crippen molar-refractivity contribution in [1.29, 1.82) is 0 Å². The van der Waals surface area contributed by atoms with E-state index in [0.717, 1.165) is 10.8 Å². The van der Waals surface area contributed by atoms with Crippen LogP contribution in [0.1, 0.15) is 18.5 Å². The maximum Gasteiger partial charge on any atom is 0.406 e. The van der Waals surface area contributed by atoms with Gasteiger partial charge in [-0.15, -0.1) is 0 Å². The zero-order valence-electron chi connectivity index (χ0n) is 25.3. The lowest BCUT2D eigenvalue weighted by molar-refractivity contribution is -0.282. The summed E-state index contributed by atoms with van der Waals surface area (Å²) in [6.07, 6.45) is -2.99. The number of alkyl halides is 3. The van der Waals surface area contributed by atoms with Crippen LogP contribution in [0.5, 0.6) is 5.75 Å². The second-order valence-electron chi connectivity index (χ2n) is 11.1. The summed E-state index contributed by atoms with van der Waals surface area (Å²) in [5, 5.41) is 35.2. The summed E-state index contributed by atoms with van der Waals surface area (Å²) < 4.78 is 75.6. The molecule has 1 fully saturated rings. The van der Waals surface area contributed by atoms with Crippen LogP contribution in [0.2, 0.25) is 0 Å². The Bertz CT molecular complexity index is 1680. The summed E-state index contributed by atoms with van der Waals surface area (Å²) in [6.45, 7) is -0.0321. The largest absolute Gasteiger partial charge is 0.495 e. The topological polar surface area (TPSA) is 146 Å². The van der Waals surface area contributed by atoms with Crippen molar-refractivity contribution < 1.29 is 46.4 Å². The van der Waals surface area contributed by atoms with Crippen molar-refractivity contribution in [2.75, 3.05) is 56.8 Å². The molecule has 2 heterocycles. The van der Waals surface area contributed by atoms with E-state index in [2.05, 4.69) is 27.2 Å². The number of likely N-dealkylation sites (tertiary alicyclic amines) is 1. The minimum Gasteiger partial charge on any atom is -0.495 e. The first-order chi connectivity index (χ1) is 21.5. The molecule has 2 aromatic carbocycles. The molecular formula is C30H36BF3N4O7S. The summed E-state index contributed by atoms with van der Waals surface area (Å²) in [5.41, 5.74) is 1.71. The molecule has 1 aliphatic rings. The molecule has 1 aromatic heterocycles. The van der Waals surface area contributed by atoms with E-state index < -0.39 is 34.5 Å². The van der Waals surface area contributed by atoms with Gasteiger partial charge in [-0.25, -0.2) is 8.42 Å². The summed E-state index contributed by atoms with van der Waals surface area (Å²) >= 11 is 0. The van der Waals surface area contributed by atoms with Crippen molar-refractivity contribution in [2.45, 2.75) is 48.5 Å². The number of piperidine rings is 1. The van der Waals surface area contributed by atoms with Gasteiger partial charge in [-0.3, -0.25) is 0 Å². The number of β-amino-alcohol motifs (C(OH)–C–C–N with tert-alkyl or cyclic N) is 1. The Morgan fingerprint density at radius 3 is 2.48 bits per heavy atom. The molecule has 0 bridgehead atoms. The number of aliphatic hydroxyl groups is 3. The molecule has 0 aliphatic carbocycles. The molecule has 16 heteroatoms. The van der Waals surface area contributed by atoms with Crippen molar-refractivity contribution in [1.82, 2.24) is 9.47 Å². The molecule has 3 aromatic rings. The zero-order chi connectivity index (χ0) is 33.7. The van der Waals surface area contributed by atoms with Crippen LogP contribution in [0, 0.1) is 11.8 Å². The molecule has 1 saturated heterocycles. The quantitative estimate of drug-likeness (QED) is 0.111. The summed E-state index contributed by atoms with van der Waals surface area (Å²) in [5.74, 6) is 3.18. The van der Waals surface area contributed by atoms with Crippen molar-refractivity contribution in [3.8, 4) is 17.6 Å². The minimum atomic E-state index is -4.48. The molecule has 2 radical (unpaired) electrons. The smallest absolute Gasteiger partial charge is 0.406 e. The van der Waals surface area contributed by atoms with Crippen LogP contribution in [-0.4, -0.2) is 111 Å². The highest BCUT2D eigenvalue weighted by atomic mass is 32.2. The van der Waals surface area contributed by atoms with Gasteiger partial charge in [-0.05, 0) is 49.1 Å². The molecule has 1 unspecified atom stereocenters. The van der Waals surface area contributed by atoms with Crippen molar-refractivity contribution in [2.24, 2.45) is 0 Å². The Balaban J connectivity index is 1.47. The molecule has 5 N–H and O–H groups in total. The van der Waals surface area contributed by atoms with Crippen LogP contribution in [0.3, 0.4) is 0 Å². The molecule has 1 atom stereocenters. The number of benzene rings is 2. The predicted molar refractivity (Wildman–Crippen MR) is 167 cm³/mol. The number of anilines is 2. The fourth-order valence-corrected chi connectivity index (χ4v) is 5.87. The average molecular weight is 665 g/mol. The van der Waals surface area contributed by atoms with Gasteiger partial charge in [0.05, 0.1) is 48.2 Å². The van der Waals surface area contributed by atoms with E-state index in [0.29, 0.717) is 48.2 Å². The highest BCUT2D eigenvalue weighted by molar-refractivity contribution is 7.90.